The molecule has 0 spiro atoms. The third-order valence-corrected chi connectivity index (χ3v) is 3.95. The van der Waals surface area contributed by atoms with E-state index in [2.05, 4.69) is 13.8 Å². The van der Waals surface area contributed by atoms with Gasteiger partial charge in [-0.25, -0.2) is 0 Å². The van der Waals surface area contributed by atoms with Crippen molar-refractivity contribution in [2.24, 2.45) is 11.7 Å². The quantitative estimate of drug-likeness (QED) is 0.397. The van der Waals surface area contributed by atoms with Gasteiger partial charge in [0.1, 0.15) is 0 Å². The number of rotatable bonds is 14. The molecule has 0 aliphatic carbocycles. The molecule has 1 unspecified atom stereocenters. The Morgan fingerprint density at radius 2 is 1.06 bits per heavy atom. The molecule has 0 saturated carbocycles. The van der Waals surface area contributed by atoms with Crippen LogP contribution < -0.4 is 5.73 Å². The Morgan fingerprint density at radius 1 is 0.667 bits per heavy atom. The van der Waals surface area contributed by atoms with Crippen molar-refractivity contribution in [1.29, 1.82) is 0 Å². The first kappa shape index (κ1) is 18.0. The van der Waals surface area contributed by atoms with E-state index in [1.165, 1.54) is 83.5 Å². The van der Waals surface area contributed by atoms with E-state index in [4.69, 9.17) is 5.73 Å². The van der Waals surface area contributed by atoms with Gasteiger partial charge < -0.3 is 5.73 Å². The zero-order chi connectivity index (χ0) is 13.5. The number of unbranched alkanes of at least 4 members (excludes halogenated alkanes) is 11. The second kappa shape index (κ2) is 15.0. The highest BCUT2D eigenvalue weighted by atomic mass is 14.5. The van der Waals surface area contributed by atoms with E-state index >= 15 is 0 Å². The maximum atomic E-state index is 5.61. The van der Waals surface area contributed by atoms with Gasteiger partial charge in [-0.3, -0.25) is 0 Å². The highest BCUT2D eigenvalue weighted by Crippen LogP contribution is 2.13. The lowest BCUT2D eigenvalue weighted by Crippen LogP contribution is -2.10. The average Bonchev–Trinajstić information content (AvgIpc) is 2.39. The zero-order valence-corrected chi connectivity index (χ0v) is 13.1. The minimum Gasteiger partial charge on any atom is -0.330 e. The SMILES string of the molecule is CCCCCCCCCCCCCCC(C)CN. The van der Waals surface area contributed by atoms with Gasteiger partial charge in [0.05, 0.1) is 0 Å². The molecule has 110 valence electrons. The van der Waals surface area contributed by atoms with Gasteiger partial charge in [-0.15, -0.1) is 0 Å². The summed E-state index contributed by atoms with van der Waals surface area (Å²) in [4.78, 5) is 0. The molecule has 0 amide bonds. The Labute approximate surface area is 116 Å². The van der Waals surface area contributed by atoms with Crippen LogP contribution in [-0.2, 0) is 0 Å². The van der Waals surface area contributed by atoms with E-state index < -0.39 is 0 Å². The fourth-order valence-corrected chi connectivity index (χ4v) is 2.45. The van der Waals surface area contributed by atoms with E-state index in [1.807, 2.05) is 0 Å². The Morgan fingerprint density at radius 3 is 1.44 bits per heavy atom. The first-order valence-electron chi connectivity index (χ1n) is 8.51. The van der Waals surface area contributed by atoms with E-state index in [-0.39, 0.29) is 0 Å². The minimum atomic E-state index is 0.730. The Hall–Kier alpha value is -0.0400. The summed E-state index contributed by atoms with van der Waals surface area (Å²) >= 11 is 0. The van der Waals surface area contributed by atoms with Crippen LogP contribution in [-0.4, -0.2) is 6.54 Å². The molecule has 0 aromatic rings. The molecule has 0 aliphatic rings. The molecule has 0 aromatic heterocycles. The second-order valence-electron chi connectivity index (χ2n) is 6.02. The lowest BCUT2D eigenvalue weighted by atomic mass is 10.0. The van der Waals surface area contributed by atoms with Crippen molar-refractivity contribution in [2.45, 2.75) is 97.3 Å². The summed E-state index contributed by atoms with van der Waals surface area (Å²) in [5.74, 6) is 0.730. The van der Waals surface area contributed by atoms with E-state index in [0.717, 1.165) is 12.5 Å². The van der Waals surface area contributed by atoms with Crippen LogP contribution in [0.2, 0.25) is 0 Å². The molecule has 2 N–H and O–H groups in total. The highest BCUT2D eigenvalue weighted by molar-refractivity contribution is 4.54. The third-order valence-electron chi connectivity index (χ3n) is 3.95. The van der Waals surface area contributed by atoms with Gasteiger partial charge in [-0.2, -0.15) is 0 Å². The van der Waals surface area contributed by atoms with Crippen LogP contribution in [0.3, 0.4) is 0 Å². The van der Waals surface area contributed by atoms with Crippen molar-refractivity contribution in [1.82, 2.24) is 0 Å². The molecule has 0 aromatic carbocycles. The third kappa shape index (κ3) is 14.0. The summed E-state index contributed by atoms with van der Waals surface area (Å²) in [6.45, 7) is 5.41. The van der Waals surface area contributed by atoms with Crippen LogP contribution in [0.15, 0.2) is 0 Å². The van der Waals surface area contributed by atoms with Gasteiger partial charge in [0.25, 0.3) is 0 Å². The Kier molecular flexibility index (Phi) is 15.0. The highest BCUT2D eigenvalue weighted by Gasteiger charge is 1.98. The fraction of sp³-hybridized carbons (Fsp3) is 1.00. The van der Waals surface area contributed by atoms with Crippen LogP contribution in [0.4, 0.5) is 0 Å². The first-order chi connectivity index (χ1) is 8.81. The van der Waals surface area contributed by atoms with Crippen LogP contribution in [0.5, 0.6) is 0 Å². The molecule has 0 saturated heterocycles. The second-order valence-corrected chi connectivity index (χ2v) is 6.02. The van der Waals surface area contributed by atoms with Crippen molar-refractivity contribution in [2.75, 3.05) is 6.54 Å². The molecule has 1 heteroatoms. The number of nitrogens with two attached hydrogens (primary N) is 1. The molecule has 0 fully saturated rings. The smallest absolute Gasteiger partial charge is 0.00515 e. The van der Waals surface area contributed by atoms with Crippen molar-refractivity contribution in [3.05, 3.63) is 0 Å². The molecule has 0 aliphatic heterocycles. The summed E-state index contributed by atoms with van der Waals surface area (Å²) in [5.41, 5.74) is 5.61. The molecule has 1 atom stereocenters. The van der Waals surface area contributed by atoms with Crippen molar-refractivity contribution < 1.29 is 0 Å². The van der Waals surface area contributed by atoms with Crippen molar-refractivity contribution in [3.8, 4) is 0 Å². The molecule has 0 radical (unpaired) electrons. The van der Waals surface area contributed by atoms with Crippen LogP contribution in [0.1, 0.15) is 97.3 Å². The van der Waals surface area contributed by atoms with Gasteiger partial charge >= 0.3 is 0 Å². The summed E-state index contributed by atoms with van der Waals surface area (Å²) in [7, 11) is 0. The number of hydrogen-bond donors (Lipinski definition) is 1. The lowest BCUT2D eigenvalue weighted by molar-refractivity contribution is 0.485. The van der Waals surface area contributed by atoms with Crippen LogP contribution >= 0.6 is 0 Å². The van der Waals surface area contributed by atoms with Gasteiger partial charge in [0.2, 0.25) is 0 Å². The normalized spacial score (nSPS) is 12.8. The first-order valence-corrected chi connectivity index (χ1v) is 8.51. The maximum Gasteiger partial charge on any atom is -0.00515 e. The molecular weight excluding hydrogens is 218 g/mol. The lowest BCUT2D eigenvalue weighted by Gasteiger charge is -2.07. The minimum absolute atomic E-state index is 0.730. The fourth-order valence-electron chi connectivity index (χ4n) is 2.45. The molecular formula is C17H37N. The van der Waals surface area contributed by atoms with Crippen LogP contribution in [0, 0.1) is 5.92 Å². The summed E-state index contributed by atoms with van der Waals surface area (Å²) < 4.78 is 0. The van der Waals surface area contributed by atoms with Gasteiger partial charge in [0, 0.05) is 0 Å². The predicted octanol–water partition coefficient (Wildman–Crippen LogP) is 5.67. The van der Waals surface area contributed by atoms with Gasteiger partial charge in [-0.05, 0) is 18.9 Å². The topological polar surface area (TPSA) is 26.0 Å². The average molecular weight is 255 g/mol. The standard InChI is InChI=1S/C17H37N/c1-3-4-5-6-7-8-9-10-11-12-13-14-15-17(2)16-18/h17H,3-16,18H2,1-2H3. The van der Waals surface area contributed by atoms with Crippen molar-refractivity contribution >= 4 is 0 Å². The largest absolute Gasteiger partial charge is 0.330 e. The maximum absolute atomic E-state index is 5.61. The monoisotopic (exact) mass is 255 g/mol. The van der Waals surface area contributed by atoms with E-state index in [1.54, 1.807) is 0 Å². The summed E-state index contributed by atoms with van der Waals surface area (Å²) in [5, 5.41) is 0. The summed E-state index contributed by atoms with van der Waals surface area (Å²) in [6.07, 6.45) is 18.6. The zero-order valence-electron chi connectivity index (χ0n) is 13.1. The van der Waals surface area contributed by atoms with E-state index in [0.29, 0.717) is 0 Å². The summed E-state index contributed by atoms with van der Waals surface area (Å²) in [6, 6.07) is 0. The van der Waals surface area contributed by atoms with Gasteiger partial charge in [0.15, 0.2) is 0 Å². The molecule has 18 heavy (non-hydrogen) atoms. The van der Waals surface area contributed by atoms with E-state index in [9.17, 15) is 0 Å². The molecule has 0 rings (SSSR count). The Bertz CT molecular complexity index is 145. The Balaban J connectivity index is 2.94. The molecule has 0 heterocycles. The van der Waals surface area contributed by atoms with Crippen LogP contribution in [0.25, 0.3) is 0 Å². The molecule has 0 bridgehead atoms. The predicted molar refractivity (Wildman–Crippen MR) is 83.9 cm³/mol. The molecule has 1 nitrogen and oxygen atoms in total. The van der Waals surface area contributed by atoms with Crippen molar-refractivity contribution in [3.63, 3.8) is 0 Å². The number of hydrogen-bond acceptors (Lipinski definition) is 1. The van der Waals surface area contributed by atoms with Gasteiger partial charge in [-0.1, -0.05) is 90.9 Å².